The molecule has 0 spiro atoms. The second-order valence-corrected chi connectivity index (χ2v) is 19.4. The maximum Gasteiger partial charge on any atom is 0.0540 e. The van der Waals surface area contributed by atoms with Gasteiger partial charge in [0.05, 0.1) is 11.4 Å². The number of para-hydroxylation sites is 2. The molecule has 0 bridgehead atoms. The molecular weight excluding hydrogens is 783 g/mol. The lowest BCUT2D eigenvalue weighted by molar-refractivity contribution is 0.569. The highest BCUT2D eigenvalue weighted by Gasteiger charge is 2.25. The van der Waals surface area contributed by atoms with E-state index in [-0.39, 0.29) is 10.8 Å². The van der Waals surface area contributed by atoms with Crippen LogP contribution in [-0.4, -0.2) is 0 Å². The number of hydrogen-bond acceptors (Lipinski definition) is 1. The summed E-state index contributed by atoms with van der Waals surface area (Å²) in [5.41, 5.74) is 18.0. The zero-order chi connectivity index (χ0) is 44.7. The van der Waals surface area contributed by atoms with Crippen molar-refractivity contribution in [1.82, 2.24) is 0 Å². The van der Waals surface area contributed by atoms with Gasteiger partial charge in [0.2, 0.25) is 0 Å². The van der Waals surface area contributed by atoms with Crippen molar-refractivity contribution in [2.24, 2.45) is 0 Å². The molecular formula is C64H55N. The average Bonchev–Trinajstić information content (AvgIpc) is 3.33. The highest BCUT2D eigenvalue weighted by Crippen LogP contribution is 2.49. The first-order chi connectivity index (χ1) is 31.5. The Kier molecular flexibility index (Phi) is 10.8. The SMILES string of the molecule is CC(C)(C)c1cc(-c2cccc3cccc(-c4ccccc4N(c4ccc5ccccc5c4)c4ccccc4-c4ccccc4-c4ccccc4-c4ccccc4)c23)cc(C(C)(C)C)c1. The highest BCUT2D eigenvalue weighted by molar-refractivity contribution is 6.10. The minimum Gasteiger partial charge on any atom is -0.309 e. The van der Waals surface area contributed by atoms with Crippen molar-refractivity contribution in [3.8, 4) is 55.6 Å². The Morgan fingerprint density at radius 2 is 0.708 bits per heavy atom. The molecule has 0 aromatic heterocycles. The Bertz CT molecular complexity index is 3300. The van der Waals surface area contributed by atoms with Gasteiger partial charge in [0.1, 0.15) is 0 Å². The normalized spacial score (nSPS) is 11.8. The van der Waals surface area contributed by atoms with Gasteiger partial charge in [-0.05, 0) is 112 Å². The largest absolute Gasteiger partial charge is 0.309 e. The average molecular weight is 838 g/mol. The van der Waals surface area contributed by atoms with Gasteiger partial charge < -0.3 is 4.90 Å². The Morgan fingerprint density at radius 3 is 1.31 bits per heavy atom. The van der Waals surface area contributed by atoms with Crippen LogP contribution in [0.4, 0.5) is 17.1 Å². The molecule has 10 rings (SSSR count). The lowest BCUT2D eigenvalue weighted by Crippen LogP contribution is -2.16. The molecule has 0 amide bonds. The van der Waals surface area contributed by atoms with E-state index in [2.05, 4.69) is 271 Å². The highest BCUT2D eigenvalue weighted by atomic mass is 15.1. The predicted octanol–water partition coefficient (Wildman–Crippen LogP) is 18.4. The molecule has 0 unspecified atom stereocenters. The van der Waals surface area contributed by atoms with E-state index in [1.54, 1.807) is 0 Å². The van der Waals surface area contributed by atoms with Crippen molar-refractivity contribution >= 4 is 38.6 Å². The number of nitrogens with zero attached hydrogens (tertiary/aromatic N) is 1. The first-order valence-corrected chi connectivity index (χ1v) is 22.9. The van der Waals surface area contributed by atoms with Gasteiger partial charge in [-0.3, -0.25) is 0 Å². The fourth-order valence-electron chi connectivity index (χ4n) is 9.51. The zero-order valence-corrected chi connectivity index (χ0v) is 38.3. The van der Waals surface area contributed by atoms with Crippen LogP contribution in [0.3, 0.4) is 0 Å². The molecule has 0 heterocycles. The molecule has 0 radical (unpaired) electrons. The monoisotopic (exact) mass is 837 g/mol. The molecule has 1 heteroatoms. The van der Waals surface area contributed by atoms with Gasteiger partial charge in [0.15, 0.2) is 0 Å². The van der Waals surface area contributed by atoms with E-state index in [9.17, 15) is 0 Å². The van der Waals surface area contributed by atoms with Crippen molar-refractivity contribution in [1.29, 1.82) is 0 Å². The molecule has 0 saturated carbocycles. The van der Waals surface area contributed by atoms with Crippen molar-refractivity contribution in [2.45, 2.75) is 52.4 Å². The lowest BCUT2D eigenvalue weighted by Gasteiger charge is -2.31. The molecule has 0 N–H and O–H groups in total. The number of rotatable bonds is 8. The molecule has 0 atom stereocenters. The maximum absolute atomic E-state index is 2.50. The number of benzene rings is 10. The van der Waals surface area contributed by atoms with Gasteiger partial charge in [-0.15, -0.1) is 0 Å². The van der Waals surface area contributed by atoms with Crippen LogP contribution in [-0.2, 0) is 10.8 Å². The molecule has 0 aliphatic heterocycles. The molecule has 10 aromatic rings. The molecule has 0 fully saturated rings. The number of fused-ring (bicyclic) bond motifs is 2. The van der Waals surface area contributed by atoms with Crippen LogP contribution < -0.4 is 4.90 Å². The van der Waals surface area contributed by atoms with Crippen LogP contribution in [0.2, 0.25) is 0 Å². The minimum atomic E-state index is -0.00792. The fraction of sp³-hybridized carbons (Fsp3) is 0.125. The van der Waals surface area contributed by atoms with E-state index in [1.807, 2.05) is 0 Å². The van der Waals surface area contributed by atoms with E-state index >= 15 is 0 Å². The summed E-state index contributed by atoms with van der Waals surface area (Å²) in [5, 5.41) is 4.88. The van der Waals surface area contributed by atoms with Crippen LogP contribution >= 0.6 is 0 Å². The van der Waals surface area contributed by atoms with Crippen molar-refractivity contribution in [2.75, 3.05) is 4.90 Å². The summed E-state index contributed by atoms with van der Waals surface area (Å²) in [7, 11) is 0. The fourth-order valence-corrected chi connectivity index (χ4v) is 9.51. The third kappa shape index (κ3) is 8.04. The molecule has 0 saturated heterocycles. The summed E-state index contributed by atoms with van der Waals surface area (Å²) in [5.74, 6) is 0. The Morgan fingerprint density at radius 1 is 0.277 bits per heavy atom. The summed E-state index contributed by atoms with van der Waals surface area (Å²) in [6.45, 7) is 13.9. The van der Waals surface area contributed by atoms with Gasteiger partial charge in [-0.2, -0.15) is 0 Å². The van der Waals surface area contributed by atoms with Crippen molar-refractivity contribution < 1.29 is 0 Å². The Hall–Kier alpha value is -7.48. The van der Waals surface area contributed by atoms with Gasteiger partial charge >= 0.3 is 0 Å². The first-order valence-electron chi connectivity index (χ1n) is 22.9. The number of hydrogen-bond donors (Lipinski definition) is 0. The van der Waals surface area contributed by atoms with E-state index in [4.69, 9.17) is 0 Å². The standard InChI is InChI=1S/C64H55N/c1-63(2,3)49-40-48(41-50(43-49)64(4,5)6)53-34-20-26-46-27-21-35-59(62(46)53)58-33-17-19-37-61(58)65(51-39-38-44-22-10-11-25-47(44)42-51)60-36-18-16-32-57(60)56-31-15-14-30-55(56)54-29-13-12-28-52(54)45-23-8-7-9-24-45/h7-43H,1-6H3. The molecule has 0 aliphatic rings. The molecule has 0 aliphatic carbocycles. The Balaban J connectivity index is 1.23. The van der Waals surface area contributed by atoms with E-state index in [0.29, 0.717) is 0 Å². The molecule has 65 heavy (non-hydrogen) atoms. The summed E-state index contributed by atoms with van der Waals surface area (Å²) in [4.78, 5) is 2.50. The summed E-state index contributed by atoms with van der Waals surface area (Å²) >= 11 is 0. The van der Waals surface area contributed by atoms with Crippen LogP contribution in [0.25, 0.3) is 77.2 Å². The van der Waals surface area contributed by atoms with Crippen molar-refractivity contribution in [3.05, 3.63) is 236 Å². The zero-order valence-electron chi connectivity index (χ0n) is 38.3. The molecule has 316 valence electrons. The molecule has 1 nitrogen and oxygen atoms in total. The second kappa shape index (κ2) is 16.9. The first kappa shape index (κ1) is 41.5. The number of anilines is 3. The van der Waals surface area contributed by atoms with E-state index in [0.717, 1.165) is 22.6 Å². The van der Waals surface area contributed by atoms with Crippen LogP contribution in [0.1, 0.15) is 52.7 Å². The van der Waals surface area contributed by atoms with E-state index < -0.39 is 0 Å². The van der Waals surface area contributed by atoms with Gasteiger partial charge in [-0.25, -0.2) is 0 Å². The van der Waals surface area contributed by atoms with Gasteiger partial charge in [-0.1, -0.05) is 242 Å². The maximum atomic E-state index is 2.50. The van der Waals surface area contributed by atoms with Gasteiger partial charge in [0.25, 0.3) is 0 Å². The topological polar surface area (TPSA) is 3.24 Å². The van der Waals surface area contributed by atoms with Crippen LogP contribution in [0.15, 0.2) is 224 Å². The summed E-state index contributed by atoms with van der Waals surface area (Å²) < 4.78 is 0. The molecule has 10 aromatic carbocycles. The quantitative estimate of drug-likeness (QED) is 0.147. The third-order valence-corrected chi connectivity index (χ3v) is 13.0. The lowest BCUT2D eigenvalue weighted by atomic mass is 9.78. The van der Waals surface area contributed by atoms with Gasteiger partial charge in [0, 0.05) is 16.8 Å². The van der Waals surface area contributed by atoms with Crippen molar-refractivity contribution in [3.63, 3.8) is 0 Å². The summed E-state index contributed by atoms with van der Waals surface area (Å²) in [6, 6.07) is 82.9. The minimum absolute atomic E-state index is 0.00792. The Labute approximate surface area is 385 Å². The van der Waals surface area contributed by atoms with E-state index in [1.165, 1.54) is 82.7 Å². The summed E-state index contributed by atoms with van der Waals surface area (Å²) in [6.07, 6.45) is 0. The van der Waals surface area contributed by atoms with Crippen LogP contribution in [0, 0.1) is 0 Å². The van der Waals surface area contributed by atoms with Crippen LogP contribution in [0.5, 0.6) is 0 Å². The second-order valence-electron chi connectivity index (χ2n) is 19.4. The predicted molar refractivity (Wildman–Crippen MR) is 281 cm³/mol. The third-order valence-electron chi connectivity index (χ3n) is 13.0. The smallest absolute Gasteiger partial charge is 0.0540 e.